The minimum absolute atomic E-state index is 0.569. The molecule has 1 aliphatic heterocycles. The molecule has 0 saturated carbocycles. The summed E-state index contributed by atoms with van der Waals surface area (Å²) in [7, 11) is 0. The Kier molecular flexibility index (Phi) is 5.68. The SMILES string of the molecule is CCc1ccccc1Nc1ccnc(Nc2ccccc2N2CCOCC2)n1. The van der Waals surface area contributed by atoms with E-state index >= 15 is 0 Å². The molecule has 2 aromatic carbocycles. The molecule has 28 heavy (non-hydrogen) atoms. The molecule has 0 bridgehead atoms. The highest BCUT2D eigenvalue weighted by molar-refractivity contribution is 5.74. The van der Waals surface area contributed by atoms with Crippen LogP contribution < -0.4 is 15.5 Å². The number of ether oxygens (including phenoxy) is 1. The van der Waals surface area contributed by atoms with Crippen LogP contribution in [0, 0.1) is 0 Å². The maximum Gasteiger partial charge on any atom is 0.229 e. The lowest BCUT2D eigenvalue weighted by Gasteiger charge is -2.30. The molecule has 2 heterocycles. The topological polar surface area (TPSA) is 62.3 Å². The number of aryl methyl sites for hydroxylation is 1. The lowest BCUT2D eigenvalue weighted by Crippen LogP contribution is -2.36. The molecule has 3 aromatic rings. The van der Waals surface area contributed by atoms with Crippen LogP contribution in [0.1, 0.15) is 12.5 Å². The molecule has 1 saturated heterocycles. The molecule has 1 fully saturated rings. The first kappa shape index (κ1) is 18.3. The summed E-state index contributed by atoms with van der Waals surface area (Å²) < 4.78 is 5.48. The molecule has 4 rings (SSSR count). The van der Waals surface area contributed by atoms with Gasteiger partial charge in [-0.2, -0.15) is 4.98 Å². The number of hydrogen-bond acceptors (Lipinski definition) is 6. The number of hydrogen-bond donors (Lipinski definition) is 2. The quantitative estimate of drug-likeness (QED) is 0.667. The Balaban J connectivity index is 1.54. The minimum atomic E-state index is 0.569. The van der Waals surface area contributed by atoms with Gasteiger partial charge in [0.15, 0.2) is 0 Å². The molecule has 6 heteroatoms. The van der Waals surface area contributed by atoms with E-state index in [-0.39, 0.29) is 0 Å². The van der Waals surface area contributed by atoms with Crippen molar-refractivity contribution in [3.05, 3.63) is 66.4 Å². The van der Waals surface area contributed by atoms with Crippen LogP contribution in [0.3, 0.4) is 0 Å². The zero-order chi connectivity index (χ0) is 19.2. The highest BCUT2D eigenvalue weighted by Gasteiger charge is 2.15. The largest absolute Gasteiger partial charge is 0.378 e. The van der Waals surface area contributed by atoms with Gasteiger partial charge in [0, 0.05) is 25.0 Å². The Morgan fingerprint density at radius 1 is 0.929 bits per heavy atom. The van der Waals surface area contributed by atoms with Crippen LogP contribution in [0.4, 0.5) is 28.8 Å². The molecule has 0 amide bonds. The third-order valence-electron chi connectivity index (χ3n) is 4.82. The van der Waals surface area contributed by atoms with Gasteiger partial charge >= 0.3 is 0 Å². The van der Waals surface area contributed by atoms with Gasteiger partial charge in [0.05, 0.1) is 24.6 Å². The number of morpholine rings is 1. The summed E-state index contributed by atoms with van der Waals surface area (Å²) in [6.07, 6.45) is 2.73. The first-order valence-electron chi connectivity index (χ1n) is 9.70. The number of para-hydroxylation sites is 3. The van der Waals surface area contributed by atoms with E-state index < -0.39 is 0 Å². The number of rotatable bonds is 6. The van der Waals surface area contributed by atoms with Crippen molar-refractivity contribution in [2.24, 2.45) is 0 Å². The summed E-state index contributed by atoms with van der Waals surface area (Å²) >= 11 is 0. The third kappa shape index (κ3) is 4.23. The third-order valence-corrected chi connectivity index (χ3v) is 4.82. The molecule has 144 valence electrons. The zero-order valence-corrected chi connectivity index (χ0v) is 16.1. The van der Waals surface area contributed by atoms with E-state index in [9.17, 15) is 0 Å². The average Bonchev–Trinajstić information content (AvgIpc) is 2.75. The van der Waals surface area contributed by atoms with Crippen LogP contribution in [0.25, 0.3) is 0 Å². The molecule has 0 spiro atoms. The minimum Gasteiger partial charge on any atom is -0.378 e. The summed E-state index contributed by atoms with van der Waals surface area (Å²) in [6.45, 7) is 5.42. The van der Waals surface area contributed by atoms with Crippen LogP contribution in [0.2, 0.25) is 0 Å². The molecular formula is C22H25N5O. The van der Waals surface area contributed by atoms with E-state index in [0.29, 0.717) is 5.95 Å². The Morgan fingerprint density at radius 3 is 2.50 bits per heavy atom. The Labute approximate surface area is 165 Å². The van der Waals surface area contributed by atoms with Crippen molar-refractivity contribution in [1.82, 2.24) is 9.97 Å². The second-order valence-electron chi connectivity index (χ2n) is 6.64. The Bertz CT molecular complexity index is 924. The van der Waals surface area contributed by atoms with Gasteiger partial charge in [0.1, 0.15) is 5.82 Å². The first-order chi connectivity index (χ1) is 13.8. The van der Waals surface area contributed by atoms with Crippen LogP contribution in [-0.4, -0.2) is 36.3 Å². The van der Waals surface area contributed by atoms with E-state index in [1.807, 2.05) is 18.2 Å². The predicted octanol–water partition coefficient (Wildman–Crippen LogP) is 4.36. The van der Waals surface area contributed by atoms with Gasteiger partial charge in [-0.15, -0.1) is 0 Å². The lowest BCUT2D eigenvalue weighted by atomic mass is 10.1. The fourth-order valence-corrected chi connectivity index (χ4v) is 3.36. The highest BCUT2D eigenvalue weighted by atomic mass is 16.5. The summed E-state index contributed by atoms with van der Waals surface area (Å²) in [6, 6.07) is 18.4. The van der Waals surface area contributed by atoms with Crippen molar-refractivity contribution in [3.8, 4) is 0 Å². The van der Waals surface area contributed by atoms with E-state index in [1.165, 1.54) is 5.56 Å². The molecule has 0 aliphatic carbocycles. The Hall–Kier alpha value is -3.12. The van der Waals surface area contributed by atoms with Crippen LogP contribution in [0.15, 0.2) is 60.8 Å². The van der Waals surface area contributed by atoms with Crippen molar-refractivity contribution in [2.45, 2.75) is 13.3 Å². The molecule has 6 nitrogen and oxygen atoms in total. The fourth-order valence-electron chi connectivity index (χ4n) is 3.36. The van der Waals surface area contributed by atoms with Gasteiger partial charge in [-0.1, -0.05) is 37.3 Å². The zero-order valence-electron chi connectivity index (χ0n) is 16.1. The summed E-state index contributed by atoms with van der Waals surface area (Å²) in [5.74, 6) is 1.34. The van der Waals surface area contributed by atoms with Crippen LogP contribution in [0.5, 0.6) is 0 Å². The van der Waals surface area contributed by atoms with E-state index in [0.717, 1.165) is 55.6 Å². The van der Waals surface area contributed by atoms with E-state index in [1.54, 1.807) is 6.20 Å². The smallest absolute Gasteiger partial charge is 0.229 e. The maximum atomic E-state index is 5.48. The van der Waals surface area contributed by atoms with Gasteiger partial charge in [0.2, 0.25) is 5.95 Å². The number of aromatic nitrogens is 2. The van der Waals surface area contributed by atoms with Crippen molar-refractivity contribution in [1.29, 1.82) is 0 Å². The number of anilines is 5. The van der Waals surface area contributed by atoms with Crippen molar-refractivity contribution < 1.29 is 4.74 Å². The summed E-state index contributed by atoms with van der Waals surface area (Å²) in [5, 5.41) is 6.79. The second-order valence-corrected chi connectivity index (χ2v) is 6.64. The molecular weight excluding hydrogens is 350 g/mol. The van der Waals surface area contributed by atoms with E-state index in [4.69, 9.17) is 4.74 Å². The van der Waals surface area contributed by atoms with Gasteiger partial charge in [0.25, 0.3) is 0 Å². The van der Waals surface area contributed by atoms with Gasteiger partial charge in [-0.3, -0.25) is 0 Å². The van der Waals surface area contributed by atoms with Crippen LogP contribution >= 0.6 is 0 Å². The molecule has 2 N–H and O–H groups in total. The maximum absolute atomic E-state index is 5.48. The number of nitrogens with zero attached hydrogens (tertiary/aromatic N) is 3. The molecule has 1 aliphatic rings. The van der Waals surface area contributed by atoms with Crippen LogP contribution in [-0.2, 0) is 11.2 Å². The fraction of sp³-hybridized carbons (Fsp3) is 0.273. The monoisotopic (exact) mass is 375 g/mol. The van der Waals surface area contributed by atoms with E-state index in [2.05, 4.69) is 68.8 Å². The average molecular weight is 375 g/mol. The van der Waals surface area contributed by atoms with Gasteiger partial charge in [-0.05, 0) is 36.2 Å². The summed E-state index contributed by atoms with van der Waals surface area (Å²) in [4.78, 5) is 11.4. The number of benzene rings is 2. The van der Waals surface area contributed by atoms with Gasteiger partial charge < -0.3 is 20.3 Å². The van der Waals surface area contributed by atoms with Crippen molar-refractivity contribution in [2.75, 3.05) is 41.8 Å². The first-order valence-corrected chi connectivity index (χ1v) is 9.70. The normalized spacial score (nSPS) is 14.0. The Morgan fingerprint density at radius 2 is 1.68 bits per heavy atom. The molecule has 0 unspecified atom stereocenters. The lowest BCUT2D eigenvalue weighted by molar-refractivity contribution is 0.123. The standard InChI is InChI=1S/C22H25N5O/c1-2-17-7-3-4-8-18(17)24-21-11-12-23-22(26-21)25-19-9-5-6-10-20(19)27-13-15-28-16-14-27/h3-12H,2,13-16H2,1H3,(H2,23,24,25,26). The molecule has 0 atom stereocenters. The molecule has 0 radical (unpaired) electrons. The second kappa shape index (κ2) is 8.71. The number of nitrogens with one attached hydrogen (secondary N) is 2. The van der Waals surface area contributed by atoms with Crippen molar-refractivity contribution in [3.63, 3.8) is 0 Å². The predicted molar refractivity (Wildman–Crippen MR) is 114 cm³/mol. The highest BCUT2D eigenvalue weighted by Crippen LogP contribution is 2.29. The van der Waals surface area contributed by atoms with Gasteiger partial charge in [-0.25, -0.2) is 4.98 Å². The summed E-state index contributed by atoms with van der Waals surface area (Å²) in [5.41, 5.74) is 4.47. The molecule has 1 aromatic heterocycles. The van der Waals surface area contributed by atoms with Crippen molar-refractivity contribution >= 4 is 28.8 Å².